The number of hydrogen-bond acceptors (Lipinski definition) is 5. The van der Waals surface area contributed by atoms with Crippen molar-refractivity contribution in [2.45, 2.75) is 117 Å². The average molecular weight is 437 g/mol. The van der Waals surface area contributed by atoms with E-state index in [0.717, 1.165) is 25.7 Å². The summed E-state index contributed by atoms with van der Waals surface area (Å²) < 4.78 is 38.8. The monoisotopic (exact) mass is 436 g/mol. The molecule has 0 radical (unpaired) electrons. The molecule has 0 saturated carbocycles. The highest BCUT2D eigenvalue weighted by Crippen LogP contribution is 2.20. The summed E-state index contributed by atoms with van der Waals surface area (Å²) in [5.74, 6) is -0.456. The van der Waals surface area contributed by atoms with Gasteiger partial charge in [0, 0.05) is 0 Å². The number of ether oxygens (including phenoxy) is 1. The van der Waals surface area contributed by atoms with E-state index in [2.05, 4.69) is 18.0 Å². The molecule has 6 nitrogen and oxygen atoms in total. The molecule has 0 aromatic heterocycles. The van der Waals surface area contributed by atoms with E-state index in [1.165, 1.54) is 77.0 Å². The summed E-state index contributed by atoms with van der Waals surface area (Å²) in [6.45, 7) is 3.95. The number of unbranched alkanes of at least 4 members (excludes halogenated alkanes) is 12. The number of rotatable bonds is 21. The van der Waals surface area contributed by atoms with Gasteiger partial charge < -0.3 is 4.74 Å². The molecule has 0 spiro atoms. The highest BCUT2D eigenvalue weighted by atomic mass is 32.3. The molecule has 0 aliphatic heterocycles. The summed E-state index contributed by atoms with van der Waals surface area (Å²) in [6, 6.07) is 0. The van der Waals surface area contributed by atoms with E-state index in [1.54, 1.807) is 0 Å². The van der Waals surface area contributed by atoms with Gasteiger partial charge >= 0.3 is 16.4 Å². The summed E-state index contributed by atoms with van der Waals surface area (Å²) in [4.78, 5) is 11.6. The zero-order valence-electron chi connectivity index (χ0n) is 18.7. The summed E-state index contributed by atoms with van der Waals surface area (Å²) in [7, 11) is -4.61. The lowest BCUT2D eigenvalue weighted by atomic mass is 9.94. The average Bonchev–Trinajstić information content (AvgIpc) is 2.67. The van der Waals surface area contributed by atoms with Crippen LogP contribution in [-0.2, 0) is 24.1 Å². The largest absolute Gasteiger partial charge is 0.464 e. The van der Waals surface area contributed by atoms with Gasteiger partial charge in [0.05, 0.1) is 6.61 Å². The molecule has 0 aromatic rings. The van der Waals surface area contributed by atoms with Gasteiger partial charge in [-0.05, 0) is 18.8 Å². The van der Waals surface area contributed by atoms with Crippen molar-refractivity contribution in [3.05, 3.63) is 0 Å². The lowest BCUT2D eigenvalue weighted by molar-refractivity contribution is -0.147. The molecule has 0 aliphatic carbocycles. The predicted octanol–water partition coefficient (Wildman–Crippen LogP) is 6.25. The van der Waals surface area contributed by atoms with E-state index < -0.39 is 23.0 Å². The third-order valence-corrected chi connectivity index (χ3v) is 5.65. The summed E-state index contributed by atoms with van der Waals surface area (Å²) in [5.41, 5.74) is 0. The van der Waals surface area contributed by atoms with Crippen LogP contribution in [0.3, 0.4) is 0 Å². The third kappa shape index (κ3) is 21.9. The van der Waals surface area contributed by atoms with Gasteiger partial charge in [0.25, 0.3) is 0 Å². The van der Waals surface area contributed by atoms with Gasteiger partial charge in [-0.3, -0.25) is 4.55 Å². The van der Waals surface area contributed by atoms with Crippen LogP contribution in [0.5, 0.6) is 0 Å². The number of carbonyl (C=O) groups is 1. The first-order valence-electron chi connectivity index (χ1n) is 11.7. The third-order valence-electron chi connectivity index (χ3n) is 5.24. The van der Waals surface area contributed by atoms with E-state index >= 15 is 0 Å². The molecule has 0 aliphatic rings. The van der Waals surface area contributed by atoms with Gasteiger partial charge in [0.15, 0.2) is 6.61 Å². The van der Waals surface area contributed by atoms with Crippen molar-refractivity contribution in [1.29, 1.82) is 0 Å². The van der Waals surface area contributed by atoms with Gasteiger partial charge in [-0.15, -0.1) is 0 Å². The second-order valence-corrected chi connectivity index (χ2v) is 9.15. The maximum atomic E-state index is 11.6. The standard InChI is InChI=1S/C22H44O6S/c1-3-5-7-9-11-12-14-16-18-21(17-15-13-10-8-6-4-2)19-27-22(23)20-28-29(24,25)26/h21H,3-20H2,1-2H3,(H,24,25,26). The first-order chi connectivity index (χ1) is 13.9. The molecule has 1 atom stereocenters. The second kappa shape index (κ2) is 19.3. The first kappa shape index (κ1) is 28.3. The second-order valence-electron chi connectivity index (χ2n) is 8.06. The lowest BCUT2D eigenvalue weighted by Gasteiger charge is -2.17. The summed E-state index contributed by atoms with van der Waals surface area (Å²) >= 11 is 0. The smallest absolute Gasteiger partial charge is 0.397 e. The van der Waals surface area contributed by atoms with Gasteiger partial charge in [0.2, 0.25) is 0 Å². The molecule has 29 heavy (non-hydrogen) atoms. The topological polar surface area (TPSA) is 89.9 Å². The zero-order chi connectivity index (χ0) is 21.8. The van der Waals surface area contributed by atoms with Crippen LogP contribution in [0, 0.1) is 5.92 Å². The summed E-state index contributed by atoms with van der Waals surface area (Å²) in [6.07, 6.45) is 19.6. The fourth-order valence-corrected chi connectivity index (χ4v) is 3.71. The molecule has 0 saturated heterocycles. The Bertz CT molecular complexity index is 478. The Morgan fingerprint density at radius 1 is 0.759 bits per heavy atom. The normalized spacial score (nSPS) is 12.8. The van der Waals surface area contributed by atoms with Crippen LogP contribution < -0.4 is 0 Å². The molecule has 0 bridgehead atoms. The minimum atomic E-state index is -4.61. The maximum absolute atomic E-state index is 11.6. The Kier molecular flexibility index (Phi) is 18.9. The van der Waals surface area contributed by atoms with Crippen LogP contribution >= 0.6 is 0 Å². The molecule has 0 heterocycles. The van der Waals surface area contributed by atoms with Crippen molar-refractivity contribution in [3.63, 3.8) is 0 Å². The molecular formula is C22H44O6S. The van der Waals surface area contributed by atoms with Crippen LogP contribution in [-0.4, -0.2) is 32.2 Å². The molecular weight excluding hydrogens is 392 g/mol. The Labute approximate surface area is 179 Å². The molecule has 0 rings (SSSR count). The van der Waals surface area contributed by atoms with Crippen LogP contribution in [0.2, 0.25) is 0 Å². The fraction of sp³-hybridized carbons (Fsp3) is 0.955. The van der Waals surface area contributed by atoms with Gasteiger partial charge in [-0.2, -0.15) is 8.42 Å². The van der Waals surface area contributed by atoms with Gasteiger partial charge in [-0.1, -0.05) is 104 Å². The maximum Gasteiger partial charge on any atom is 0.397 e. The Balaban J connectivity index is 4.09. The quantitative estimate of drug-likeness (QED) is 0.130. The van der Waals surface area contributed by atoms with Crippen molar-refractivity contribution >= 4 is 16.4 Å². The molecule has 0 fully saturated rings. The van der Waals surface area contributed by atoms with Crippen molar-refractivity contribution < 1.29 is 26.7 Å². The Morgan fingerprint density at radius 2 is 1.17 bits per heavy atom. The van der Waals surface area contributed by atoms with Crippen molar-refractivity contribution in [2.24, 2.45) is 5.92 Å². The molecule has 7 heteroatoms. The van der Waals surface area contributed by atoms with Crippen molar-refractivity contribution in [2.75, 3.05) is 13.2 Å². The van der Waals surface area contributed by atoms with E-state index in [1.807, 2.05) is 0 Å². The SMILES string of the molecule is CCCCCCCCCCC(CCCCCCCC)COC(=O)COS(=O)(=O)O. The first-order valence-corrected chi connectivity index (χ1v) is 13.0. The van der Waals surface area contributed by atoms with Crippen LogP contribution in [0.1, 0.15) is 117 Å². The number of esters is 1. The lowest BCUT2D eigenvalue weighted by Crippen LogP contribution is -2.20. The molecule has 1 unspecified atom stereocenters. The van der Waals surface area contributed by atoms with Crippen molar-refractivity contribution in [1.82, 2.24) is 0 Å². The van der Waals surface area contributed by atoms with Crippen LogP contribution in [0.25, 0.3) is 0 Å². The van der Waals surface area contributed by atoms with E-state index in [-0.39, 0.29) is 0 Å². The molecule has 0 amide bonds. The number of hydrogen-bond donors (Lipinski definition) is 1. The van der Waals surface area contributed by atoms with Gasteiger partial charge in [-0.25, -0.2) is 8.98 Å². The van der Waals surface area contributed by atoms with E-state index in [4.69, 9.17) is 9.29 Å². The van der Waals surface area contributed by atoms with Crippen LogP contribution in [0.15, 0.2) is 0 Å². The minimum Gasteiger partial charge on any atom is -0.464 e. The molecule has 174 valence electrons. The predicted molar refractivity (Wildman–Crippen MR) is 117 cm³/mol. The van der Waals surface area contributed by atoms with Crippen LogP contribution in [0.4, 0.5) is 0 Å². The zero-order valence-corrected chi connectivity index (χ0v) is 19.5. The number of carbonyl (C=O) groups excluding carboxylic acids is 1. The minimum absolute atomic E-state index is 0.291. The fourth-order valence-electron chi connectivity index (χ4n) is 3.47. The van der Waals surface area contributed by atoms with E-state index in [9.17, 15) is 13.2 Å². The molecule has 0 aromatic carbocycles. The van der Waals surface area contributed by atoms with Crippen molar-refractivity contribution in [3.8, 4) is 0 Å². The highest BCUT2D eigenvalue weighted by molar-refractivity contribution is 7.80. The highest BCUT2D eigenvalue weighted by Gasteiger charge is 2.15. The molecule has 1 N–H and O–H groups in total. The summed E-state index contributed by atoms with van der Waals surface area (Å²) in [5, 5.41) is 0. The Morgan fingerprint density at radius 3 is 1.59 bits per heavy atom. The van der Waals surface area contributed by atoms with Gasteiger partial charge in [0.1, 0.15) is 0 Å². The Hall–Kier alpha value is -0.660. The van der Waals surface area contributed by atoms with E-state index in [0.29, 0.717) is 12.5 Å².